The molecule has 0 spiro atoms. The van der Waals surface area contributed by atoms with Crippen molar-refractivity contribution in [3.05, 3.63) is 96.2 Å². The number of para-hydroxylation sites is 2. The lowest BCUT2D eigenvalue weighted by molar-refractivity contribution is -0.121. The minimum absolute atomic E-state index is 0.000248. The lowest BCUT2D eigenvalue weighted by Crippen LogP contribution is -2.32. The van der Waals surface area contributed by atoms with Gasteiger partial charge >= 0.3 is 0 Å². The Morgan fingerprint density at radius 3 is 2.40 bits per heavy atom. The maximum Gasteiger partial charge on any atom is 0.229 e. The number of piperidine rings is 1. The highest BCUT2D eigenvalue weighted by molar-refractivity contribution is 5.94. The van der Waals surface area contributed by atoms with E-state index < -0.39 is 0 Å². The topological polar surface area (TPSA) is 28.5 Å². The molecular weight excluding hydrogens is 430 g/mol. The summed E-state index contributed by atoms with van der Waals surface area (Å²) in [5.41, 5.74) is 6.21. The maximum absolute atomic E-state index is 12.5. The zero-order chi connectivity index (χ0) is 24.4. The first-order chi connectivity index (χ1) is 17.0. The van der Waals surface area contributed by atoms with Gasteiger partial charge in [0.05, 0.1) is 5.52 Å². The molecule has 0 bridgehead atoms. The van der Waals surface area contributed by atoms with Crippen molar-refractivity contribution in [2.45, 2.75) is 39.2 Å². The van der Waals surface area contributed by atoms with Crippen LogP contribution in [0, 0.1) is 5.92 Å². The molecule has 4 heteroatoms. The molecule has 0 N–H and O–H groups in total. The van der Waals surface area contributed by atoms with Crippen molar-refractivity contribution in [2.24, 2.45) is 5.92 Å². The van der Waals surface area contributed by atoms with Crippen molar-refractivity contribution in [1.82, 2.24) is 9.47 Å². The van der Waals surface area contributed by atoms with Crippen LogP contribution in [0.25, 0.3) is 16.6 Å². The molecule has 180 valence electrons. The predicted octanol–water partition coefficient (Wildman–Crippen LogP) is 6.63. The maximum atomic E-state index is 12.5. The normalized spacial score (nSPS) is 15.1. The molecule has 2 heterocycles. The molecule has 0 unspecified atom stereocenters. The molecule has 1 aliphatic rings. The SMILES string of the molecule is CC(C)C(=O)N(C)c1cccc(C2CCN(Cc3cn(-c4ccccc4)c4ccccc34)CC2)c1. The largest absolute Gasteiger partial charge is 0.316 e. The number of likely N-dealkylation sites (tertiary alicyclic amines) is 1. The van der Waals surface area contributed by atoms with Gasteiger partial charge in [-0.3, -0.25) is 9.69 Å². The Balaban J connectivity index is 1.29. The fourth-order valence-electron chi connectivity index (χ4n) is 5.35. The second kappa shape index (κ2) is 10.1. The quantitative estimate of drug-likeness (QED) is 0.320. The summed E-state index contributed by atoms with van der Waals surface area (Å²) in [6, 6.07) is 27.9. The summed E-state index contributed by atoms with van der Waals surface area (Å²) < 4.78 is 2.32. The molecule has 0 saturated carbocycles. The number of amides is 1. The Hall–Kier alpha value is -3.37. The number of benzene rings is 3. The number of hydrogen-bond acceptors (Lipinski definition) is 2. The number of nitrogens with zero attached hydrogens (tertiary/aromatic N) is 3. The van der Waals surface area contributed by atoms with Gasteiger partial charge < -0.3 is 9.47 Å². The summed E-state index contributed by atoms with van der Waals surface area (Å²) in [5, 5.41) is 1.34. The smallest absolute Gasteiger partial charge is 0.229 e. The second-order valence-corrected chi connectivity index (χ2v) is 10.1. The fraction of sp³-hybridized carbons (Fsp3) is 0.323. The summed E-state index contributed by atoms with van der Waals surface area (Å²) >= 11 is 0. The number of anilines is 1. The Kier molecular flexibility index (Phi) is 6.74. The van der Waals surface area contributed by atoms with Crippen LogP contribution in [-0.2, 0) is 11.3 Å². The number of carbonyl (C=O) groups is 1. The molecular formula is C31H35N3O. The molecule has 0 atom stereocenters. The van der Waals surface area contributed by atoms with Gasteiger partial charge in [0.1, 0.15) is 0 Å². The van der Waals surface area contributed by atoms with Crippen molar-refractivity contribution in [1.29, 1.82) is 0 Å². The van der Waals surface area contributed by atoms with E-state index in [9.17, 15) is 4.79 Å². The third kappa shape index (κ3) is 4.89. The molecule has 0 radical (unpaired) electrons. The van der Waals surface area contributed by atoms with Gasteiger partial charge in [-0.25, -0.2) is 0 Å². The highest BCUT2D eigenvalue weighted by Crippen LogP contribution is 2.32. The minimum atomic E-state index is -0.000248. The zero-order valence-electron chi connectivity index (χ0n) is 21.0. The Bertz CT molecular complexity index is 1300. The lowest BCUT2D eigenvalue weighted by atomic mass is 9.89. The van der Waals surface area contributed by atoms with Crippen LogP contribution in [0.15, 0.2) is 85.1 Å². The van der Waals surface area contributed by atoms with E-state index in [0.717, 1.165) is 38.2 Å². The van der Waals surface area contributed by atoms with Crippen LogP contribution in [-0.4, -0.2) is 35.5 Å². The Morgan fingerprint density at radius 2 is 1.66 bits per heavy atom. The van der Waals surface area contributed by atoms with E-state index in [-0.39, 0.29) is 11.8 Å². The first-order valence-electron chi connectivity index (χ1n) is 12.8. The van der Waals surface area contributed by atoms with Gasteiger partial charge in [0.2, 0.25) is 5.91 Å². The average Bonchev–Trinajstić information content (AvgIpc) is 3.27. The van der Waals surface area contributed by atoms with Gasteiger partial charge in [0.25, 0.3) is 0 Å². The van der Waals surface area contributed by atoms with E-state index in [1.54, 1.807) is 4.90 Å². The van der Waals surface area contributed by atoms with Gasteiger partial charge in [0, 0.05) is 42.5 Å². The lowest BCUT2D eigenvalue weighted by Gasteiger charge is -2.32. The summed E-state index contributed by atoms with van der Waals surface area (Å²) in [5.74, 6) is 0.700. The zero-order valence-corrected chi connectivity index (χ0v) is 21.0. The van der Waals surface area contributed by atoms with Crippen LogP contribution >= 0.6 is 0 Å². The van der Waals surface area contributed by atoms with Crippen molar-refractivity contribution in [3.63, 3.8) is 0 Å². The standard InChI is InChI=1S/C31H35N3O/c1-23(2)31(35)32(3)28-13-9-10-25(20-28)24-16-18-33(19-17-24)21-26-22-34(27-11-5-4-6-12-27)30-15-8-7-14-29(26)30/h4-15,20,22-24H,16-19,21H2,1-3H3. The van der Waals surface area contributed by atoms with Crippen molar-refractivity contribution in [3.8, 4) is 5.69 Å². The second-order valence-electron chi connectivity index (χ2n) is 10.1. The van der Waals surface area contributed by atoms with Crippen molar-refractivity contribution in [2.75, 3.05) is 25.0 Å². The summed E-state index contributed by atoms with van der Waals surface area (Å²) in [6.45, 7) is 7.05. The van der Waals surface area contributed by atoms with E-state index in [1.807, 2.05) is 27.0 Å². The van der Waals surface area contributed by atoms with Gasteiger partial charge in [-0.15, -0.1) is 0 Å². The highest BCUT2D eigenvalue weighted by atomic mass is 16.2. The molecule has 5 rings (SSSR count). The van der Waals surface area contributed by atoms with Gasteiger partial charge in [-0.05, 0) is 73.3 Å². The first-order valence-corrected chi connectivity index (χ1v) is 12.8. The van der Waals surface area contributed by atoms with E-state index in [2.05, 4.69) is 88.5 Å². The molecule has 0 aliphatic carbocycles. The van der Waals surface area contributed by atoms with Gasteiger partial charge in [-0.2, -0.15) is 0 Å². The Labute approximate surface area is 208 Å². The van der Waals surface area contributed by atoms with Gasteiger partial charge in [-0.1, -0.05) is 62.4 Å². The van der Waals surface area contributed by atoms with Crippen LogP contribution in [0.5, 0.6) is 0 Å². The average molecular weight is 466 g/mol. The molecule has 1 aliphatic heterocycles. The molecule has 4 nitrogen and oxygen atoms in total. The highest BCUT2D eigenvalue weighted by Gasteiger charge is 2.23. The Morgan fingerprint density at radius 1 is 0.943 bits per heavy atom. The van der Waals surface area contributed by atoms with Crippen molar-refractivity contribution < 1.29 is 4.79 Å². The summed E-state index contributed by atoms with van der Waals surface area (Å²) in [4.78, 5) is 16.8. The van der Waals surface area contributed by atoms with E-state index >= 15 is 0 Å². The monoisotopic (exact) mass is 465 g/mol. The number of fused-ring (bicyclic) bond motifs is 1. The minimum Gasteiger partial charge on any atom is -0.316 e. The van der Waals surface area contributed by atoms with Gasteiger partial charge in [0.15, 0.2) is 0 Å². The fourth-order valence-corrected chi connectivity index (χ4v) is 5.35. The van der Waals surface area contributed by atoms with Crippen LogP contribution in [0.4, 0.5) is 5.69 Å². The van der Waals surface area contributed by atoms with Crippen LogP contribution in [0.1, 0.15) is 43.7 Å². The number of aromatic nitrogens is 1. The summed E-state index contributed by atoms with van der Waals surface area (Å²) in [6.07, 6.45) is 4.60. The molecule has 1 fully saturated rings. The number of hydrogen-bond donors (Lipinski definition) is 0. The molecule has 1 saturated heterocycles. The van der Waals surface area contributed by atoms with E-state index in [0.29, 0.717) is 5.92 Å². The van der Waals surface area contributed by atoms with Crippen LogP contribution in [0.2, 0.25) is 0 Å². The van der Waals surface area contributed by atoms with E-state index in [4.69, 9.17) is 0 Å². The molecule has 35 heavy (non-hydrogen) atoms. The first kappa shape index (κ1) is 23.4. The molecule has 1 amide bonds. The van der Waals surface area contributed by atoms with E-state index in [1.165, 1.54) is 27.7 Å². The number of rotatable bonds is 6. The van der Waals surface area contributed by atoms with Crippen molar-refractivity contribution >= 4 is 22.5 Å². The number of carbonyl (C=O) groups excluding carboxylic acids is 1. The molecule has 1 aromatic heterocycles. The summed E-state index contributed by atoms with van der Waals surface area (Å²) in [7, 11) is 1.88. The molecule has 4 aromatic rings. The third-order valence-electron chi connectivity index (χ3n) is 7.36. The predicted molar refractivity (Wildman–Crippen MR) is 145 cm³/mol. The third-order valence-corrected chi connectivity index (χ3v) is 7.36. The van der Waals surface area contributed by atoms with Crippen LogP contribution < -0.4 is 4.90 Å². The molecule has 3 aromatic carbocycles. The van der Waals surface area contributed by atoms with Crippen LogP contribution in [0.3, 0.4) is 0 Å².